The number of halogens is 2. The third kappa shape index (κ3) is 4.60. The average molecular weight is 412 g/mol. The molecule has 0 unspecified atom stereocenters. The maximum atomic E-state index is 13.9. The summed E-state index contributed by atoms with van der Waals surface area (Å²) in [5.41, 5.74) is 0.303. The fourth-order valence-corrected chi connectivity index (χ4v) is 3.92. The molecule has 0 fully saturated rings. The largest absolute Gasteiger partial charge is 0.341 e. The van der Waals surface area contributed by atoms with E-state index in [1.54, 1.807) is 29.1 Å². The number of carbonyl (C=O) groups is 1. The topological polar surface area (TPSA) is 63.9 Å². The Kier molecular flexibility index (Phi) is 6.23. The molecular formula is C16H15ClFN5OS2. The molecule has 0 saturated carbocycles. The molecule has 0 atom stereocenters. The van der Waals surface area contributed by atoms with Crippen LogP contribution in [0.2, 0.25) is 5.02 Å². The summed E-state index contributed by atoms with van der Waals surface area (Å²) in [4.78, 5) is 14.9. The van der Waals surface area contributed by atoms with E-state index in [1.807, 2.05) is 17.5 Å². The molecule has 0 aliphatic carbocycles. The van der Waals surface area contributed by atoms with E-state index in [0.717, 1.165) is 4.88 Å². The highest BCUT2D eigenvalue weighted by Crippen LogP contribution is 2.22. The lowest BCUT2D eigenvalue weighted by molar-refractivity contribution is -0.127. The van der Waals surface area contributed by atoms with Gasteiger partial charge >= 0.3 is 0 Å². The Morgan fingerprint density at radius 1 is 1.38 bits per heavy atom. The van der Waals surface area contributed by atoms with Crippen LogP contribution in [0.25, 0.3) is 0 Å². The van der Waals surface area contributed by atoms with E-state index < -0.39 is 5.82 Å². The van der Waals surface area contributed by atoms with Crippen LogP contribution in [0.3, 0.4) is 0 Å². The summed E-state index contributed by atoms with van der Waals surface area (Å²) >= 11 is 8.87. The van der Waals surface area contributed by atoms with Crippen molar-refractivity contribution in [3.05, 3.63) is 57.0 Å². The zero-order chi connectivity index (χ0) is 18.5. The minimum absolute atomic E-state index is 0.102. The molecule has 0 saturated heterocycles. The zero-order valence-corrected chi connectivity index (χ0v) is 16.2. The van der Waals surface area contributed by atoms with Gasteiger partial charge in [-0.05, 0) is 34.0 Å². The van der Waals surface area contributed by atoms with Gasteiger partial charge in [0.2, 0.25) is 11.1 Å². The third-order valence-corrected chi connectivity index (χ3v) is 5.75. The number of benzene rings is 1. The minimum Gasteiger partial charge on any atom is -0.341 e. The maximum Gasteiger partial charge on any atom is 0.233 e. The van der Waals surface area contributed by atoms with Crippen LogP contribution < -0.4 is 0 Å². The summed E-state index contributed by atoms with van der Waals surface area (Å²) < 4.78 is 15.5. The van der Waals surface area contributed by atoms with Crippen LogP contribution >= 0.6 is 34.7 Å². The molecular weight excluding hydrogens is 397 g/mol. The highest BCUT2D eigenvalue weighted by atomic mass is 35.5. The zero-order valence-electron chi connectivity index (χ0n) is 13.8. The first-order chi connectivity index (χ1) is 12.5. The van der Waals surface area contributed by atoms with Gasteiger partial charge in [-0.3, -0.25) is 4.79 Å². The molecule has 0 aliphatic heterocycles. The second-order valence-electron chi connectivity index (χ2n) is 5.44. The lowest BCUT2D eigenvalue weighted by atomic mass is 10.2. The van der Waals surface area contributed by atoms with Crippen molar-refractivity contribution in [3.8, 4) is 0 Å². The summed E-state index contributed by atoms with van der Waals surface area (Å²) in [5.74, 6) is -0.447. The van der Waals surface area contributed by atoms with Crippen molar-refractivity contribution in [1.82, 2.24) is 25.1 Å². The molecule has 1 amide bonds. The number of rotatable bonds is 7. The molecule has 3 aromatic rings. The number of nitrogens with zero attached hydrogens (tertiary/aromatic N) is 5. The number of thioether (sulfide) groups is 1. The molecule has 0 radical (unpaired) electrons. The highest BCUT2D eigenvalue weighted by molar-refractivity contribution is 7.99. The molecule has 3 rings (SSSR count). The summed E-state index contributed by atoms with van der Waals surface area (Å²) in [6.45, 7) is 0.660. The second kappa shape index (κ2) is 8.61. The molecule has 0 aliphatic rings. The number of aromatic nitrogens is 4. The summed E-state index contributed by atoms with van der Waals surface area (Å²) in [7, 11) is 1.61. The third-order valence-electron chi connectivity index (χ3n) is 3.59. The Balaban J connectivity index is 1.58. The average Bonchev–Trinajstić information content (AvgIpc) is 3.28. The first kappa shape index (κ1) is 18.8. The fraction of sp³-hybridized carbons (Fsp3) is 0.250. The molecule has 26 heavy (non-hydrogen) atoms. The SMILES string of the molecule is CN(Cc1c(F)cccc1Cl)C(=O)CSc1nnnn1Cc1cccs1. The Morgan fingerprint density at radius 3 is 2.96 bits per heavy atom. The van der Waals surface area contributed by atoms with Crippen LogP contribution in [0.5, 0.6) is 0 Å². The van der Waals surface area contributed by atoms with Crippen molar-refractivity contribution in [1.29, 1.82) is 0 Å². The number of tetrazole rings is 1. The molecule has 2 aromatic heterocycles. The second-order valence-corrected chi connectivity index (χ2v) is 7.82. The van der Waals surface area contributed by atoms with Gasteiger partial charge < -0.3 is 4.90 Å². The quantitative estimate of drug-likeness (QED) is 0.558. The van der Waals surface area contributed by atoms with Crippen LogP contribution in [0.15, 0.2) is 40.9 Å². The molecule has 0 spiro atoms. The van der Waals surface area contributed by atoms with Gasteiger partial charge in [-0.15, -0.1) is 16.4 Å². The van der Waals surface area contributed by atoms with Gasteiger partial charge in [0, 0.05) is 29.1 Å². The number of amides is 1. The standard InChI is InChI=1S/C16H15ClFN5OS2/c1-22(9-12-13(17)5-2-6-14(12)18)15(24)10-26-16-19-20-21-23(16)8-11-4-3-7-25-11/h2-7H,8-10H2,1H3. The maximum absolute atomic E-state index is 13.9. The van der Waals surface area contributed by atoms with Gasteiger partial charge in [0.25, 0.3) is 0 Å². The first-order valence-electron chi connectivity index (χ1n) is 7.63. The van der Waals surface area contributed by atoms with Gasteiger partial charge in [-0.2, -0.15) is 0 Å². The van der Waals surface area contributed by atoms with Crippen LogP contribution in [-0.2, 0) is 17.9 Å². The summed E-state index contributed by atoms with van der Waals surface area (Å²) in [5, 5.41) is 14.4. The Labute approximate surface area is 163 Å². The summed E-state index contributed by atoms with van der Waals surface area (Å²) in [6.07, 6.45) is 0. The van der Waals surface area contributed by atoms with Gasteiger partial charge in [-0.1, -0.05) is 35.5 Å². The minimum atomic E-state index is -0.426. The molecule has 1 aromatic carbocycles. The molecule has 0 bridgehead atoms. The van der Waals surface area contributed by atoms with E-state index in [-0.39, 0.29) is 18.2 Å². The molecule has 2 heterocycles. The lowest BCUT2D eigenvalue weighted by Crippen LogP contribution is -2.28. The Morgan fingerprint density at radius 2 is 2.23 bits per heavy atom. The van der Waals surface area contributed by atoms with Crippen LogP contribution in [0.4, 0.5) is 4.39 Å². The molecule has 10 heteroatoms. The fourth-order valence-electron chi connectivity index (χ4n) is 2.19. The number of carbonyl (C=O) groups excluding carboxylic acids is 1. The Hall–Kier alpha value is -1.97. The van der Waals surface area contributed by atoms with Crippen LogP contribution in [-0.4, -0.2) is 43.8 Å². The van der Waals surface area contributed by atoms with E-state index in [0.29, 0.717) is 22.3 Å². The van der Waals surface area contributed by atoms with E-state index in [1.165, 1.54) is 28.8 Å². The van der Waals surface area contributed by atoms with Crippen LogP contribution in [0, 0.1) is 5.82 Å². The van der Waals surface area contributed by atoms with Gasteiger partial charge in [-0.25, -0.2) is 9.07 Å². The summed E-state index contributed by atoms with van der Waals surface area (Å²) in [6, 6.07) is 8.42. The van der Waals surface area contributed by atoms with Gasteiger partial charge in [0.15, 0.2) is 0 Å². The van der Waals surface area contributed by atoms with Crippen molar-refractivity contribution < 1.29 is 9.18 Å². The Bertz CT molecular complexity index is 866. The van der Waals surface area contributed by atoms with E-state index >= 15 is 0 Å². The van der Waals surface area contributed by atoms with E-state index in [2.05, 4.69) is 15.5 Å². The highest BCUT2D eigenvalue weighted by Gasteiger charge is 2.16. The predicted octanol–water partition coefficient (Wildman–Crippen LogP) is 3.33. The van der Waals surface area contributed by atoms with E-state index in [4.69, 9.17) is 11.6 Å². The number of hydrogen-bond donors (Lipinski definition) is 0. The van der Waals surface area contributed by atoms with Crippen molar-refractivity contribution in [2.24, 2.45) is 0 Å². The number of hydrogen-bond acceptors (Lipinski definition) is 6. The van der Waals surface area contributed by atoms with Gasteiger partial charge in [0.05, 0.1) is 12.3 Å². The molecule has 0 N–H and O–H groups in total. The lowest BCUT2D eigenvalue weighted by Gasteiger charge is -2.18. The van der Waals surface area contributed by atoms with Crippen molar-refractivity contribution in [2.45, 2.75) is 18.2 Å². The van der Waals surface area contributed by atoms with Crippen molar-refractivity contribution in [2.75, 3.05) is 12.8 Å². The van der Waals surface area contributed by atoms with Crippen LogP contribution in [0.1, 0.15) is 10.4 Å². The predicted molar refractivity (Wildman–Crippen MR) is 99.8 cm³/mol. The molecule has 136 valence electrons. The molecule has 6 nitrogen and oxygen atoms in total. The smallest absolute Gasteiger partial charge is 0.233 e. The normalized spacial score (nSPS) is 10.9. The van der Waals surface area contributed by atoms with E-state index in [9.17, 15) is 9.18 Å². The van der Waals surface area contributed by atoms with Crippen molar-refractivity contribution >= 4 is 40.6 Å². The van der Waals surface area contributed by atoms with Crippen molar-refractivity contribution in [3.63, 3.8) is 0 Å². The monoisotopic (exact) mass is 411 g/mol. The van der Waals surface area contributed by atoms with Gasteiger partial charge in [0.1, 0.15) is 5.82 Å². The first-order valence-corrected chi connectivity index (χ1v) is 9.87. The number of thiophene rings is 1.